The summed E-state index contributed by atoms with van der Waals surface area (Å²) < 4.78 is 78.0. The van der Waals surface area contributed by atoms with Gasteiger partial charge in [0.15, 0.2) is 0 Å². The SMILES string of the molecule is O=c1[nH]c2nc(C(F)(F)F)cc(C(F)(F)F)c2cc1-c1ccccn1. The van der Waals surface area contributed by atoms with Gasteiger partial charge in [0.05, 0.1) is 16.8 Å². The molecular formula is C15H7F6N3O. The van der Waals surface area contributed by atoms with E-state index >= 15 is 0 Å². The molecule has 25 heavy (non-hydrogen) atoms. The highest BCUT2D eigenvalue weighted by Gasteiger charge is 2.39. The van der Waals surface area contributed by atoms with Crippen LogP contribution in [-0.2, 0) is 12.4 Å². The second kappa shape index (κ2) is 5.57. The first kappa shape index (κ1) is 16.9. The summed E-state index contributed by atoms with van der Waals surface area (Å²) >= 11 is 0. The van der Waals surface area contributed by atoms with E-state index in [2.05, 4.69) is 9.97 Å². The van der Waals surface area contributed by atoms with Crippen LogP contribution >= 0.6 is 0 Å². The van der Waals surface area contributed by atoms with Crippen molar-refractivity contribution in [2.45, 2.75) is 12.4 Å². The molecule has 130 valence electrons. The van der Waals surface area contributed by atoms with Gasteiger partial charge in [-0.3, -0.25) is 9.78 Å². The third-order valence-electron chi connectivity index (χ3n) is 3.36. The Bertz CT molecular complexity index is 992. The third-order valence-corrected chi connectivity index (χ3v) is 3.36. The van der Waals surface area contributed by atoms with E-state index in [1.54, 1.807) is 0 Å². The summed E-state index contributed by atoms with van der Waals surface area (Å²) in [4.78, 5) is 21.0. The van der Waals surface area contributed by atoms with Gasteiger partial charge in [0.1, 0.15) is 11.3 Å². The average Bonchev–Trinajstić information content (AvgIpc) is 2.52. The van der Waals surface area contributed by atoms with E-state index in [0.29, 0.717) is 0 Å². The summed E-state index contributed by atoms with van der Waals surface area (Å²) in [7, 11) is 0. The van der Waals surface area contributed by atoms with E-state index in [-0.39, 0.29) is 17.3 Å². The zero-order valence-corrected chi connectivity index (χ0v) is 12.0. The zero-order valence-electron chi connectivity index (χ0n) is 12.0. The molecule has 0 aliphatic carbocycles. The summed E-state index contributed by atoms with van der Waals surface area (Å²) in [6, 6.07) is 5.20. The van der Waals surface area contributed by atoms with Gasteiger partial charge in [-0.1, -0.05) is 6.07 Å². The van der Waals surface area contributed by atoms with Crippen LogP contribution in [0.1, 0.15) is 11.3 Å². The van der Waals surface area contributed by atoms with Crippen molar-refractivity contribution in [3.05, 3.63) is 58.1 Å². The molecule has 0 aliphatic rings. The molecule has 0 fully saturated rings. The van der Waals surface area contributed by atoms with Crippen molar-refractivity contribution < 1.29 is 26.3 Å². The van der Waals surface area contributed by atoms with Crippen LogP contribution in [0.3, 0.4) is 0 Å². The van der Waals surface area contributed by atoms with Crippen LogP contribution in [0.2, 0.25) is 0 Å². The second-order valence-electron chi connectivity index (χ2n) is 5.04. The molecule has 0 spiro atoms. The van der Waals surface area contributed by atoms with Crippen LogP contribution in [0, 0.1) is 0 Å². The summed E-state index contributed by atoms with van der Waals surface area (Å²) in [5.41, 5.74) is -5.11. The Morgan fingerprint density at radius 3 is 2.24 bits per heavy atom. The molecule has 1 N–H and O–H groups in total. The number of fused-ring (bicyclic) bond motifs is 1. The Hall–Kier alpha value is -2.91. The van der Waals surface area contributed by atoms with Crippen molar-refractivity contribution in [2.24, 2.45) is 0 Å². The van der Waals surface area contributed by atoms with Crippen molar-refractivity contribution in [3.8, 4) is 11.3 Å². The third kappa shape index (κ3) is 3.19. The molecule has 0 atom stereocenters. The van der Waals surface area contributed by atoms with Gasteiger partial charge >= 0.3 is 12.4 Å². The average molecular weight is 359 g/mol. The molecule has 3 rings (SSSR count). The second-order valence-corrected chi connectivity index (χ2v) is 5.04. The minimum Gasteiger partial charge on any atom is -0.306 e. The number of alkyl halides is 6. The zero-order chi connectivity index (χ0) is 18.4. The molecule has 0 saturated carbocycles. The quantitative estimate of drug-likeness (QED) is 0.668. The fourth-order valence-corrected chi connectivity index (χ4v) is 2.27. The molecular weight excluding hydrogens is 352 g/mol. The molecule has 0 unspecified atom stereocenters. The molecule has 4 nitrogen and oxygen atoms in total. The standard InChI is InChI=1S/C15H7F6N3O/c16-14(17,18)9-6-11(15(19,20)21)23-12-7(9)5-8(13(25)24-12)10-3-1-2-4-22-10/h1-6H,(H,23,24,25). The first-order valence-electron chi connectivity index (χ1n) is 6.71. The lowest BCUT2D eigenvalue weighted by atomic mass is 10.1. The van der Waals surface area contributed by atoms with Crippen molar-refractivity contribution in [2.75, 3.05) is 0 Å². The number of nitrogens with zero attached hydrogens (tertiary/aromatic N) is 2. The maximum absolute atomic E-state index is 13.2. The smallest absolute Gasteiger partial charge is 0.306 e. The van der Waals surface area contributed by atoms with E-state index in [1.807, 2.05) is 4.98 Å². The maximum Gasteiger partial charge on any atom is 0.433 e. The van der Waals surface area contributed by atoms with Gasteiger partial charge in [-0.05, 0) is 24.3 Å². The predicted octanol–water partition coefficient (Wildman–Crippen LogP) is 4.02. The summed E-state index contributed by atoms with van der Waals surface area (Å²) in [6.45, 7) is 0. The number of hydrogen-bond acceptors (Lipinski definition) is 3. The van der Waals surface area contributed by atoms with Crippen molar-refractivity contribution in [1.82, 2.24) is 15.0 Å². The van der Waals surface area contributed by atoms with Crippen LogP contribution < -0.4 is 5.56 Å². The van der Waals surface area contributed by atoms with Crippen molar-refractivity contribution in [1.29, 1.82) is 0 Å². The van der Waals surface area contributed by atoms with Crippen molar-refractivity contribution >= 4 is 11.0 Å². The molecule has 0 radical (unpaired) electrons. The number of H-pyrrole nitrogens is 1. The van der Waals surface area contributed by atoms with E-state index in [4.69, 9.17) is 0 Å². The Kier molecular flexibility index (Phi) is 3.77. The van der Waals surface area contributed by atoms with Crippen LogP contribution in [0.25, 0.3) is 22.3 Å². The highest BCUT2D eigenvalue weighted by Crippen LogP contribution is 2.38. The first-order valence-corrected chi connectivity index (χ1v) is 6.71. The fourth-order valence-electron chi connectivity index (χ4n) is 2.27. The van der Waals surface area contributed by atoms with E-state index < -0.39 is 40.2 Å². The molecule has 3 aromatic rings. The molecule has 0 aliphatic heterocycles. The van der Waals surface area contributed by atoms with Gasteiger partial charge in [0.2, 0.25) is 0 Å². The Morgan fingerprint density at radius 2 is 1.68 bits per heavy atom. The van der Waals surface area contributed by atoms with Gasteiger partial charge in [0, 0.05) is 11.6 Å². The minimum atomic E-state index is -5.09. The van der Waals surface area contributed by atoms with E-state index in [0.717, 1.165) is 6.07 Å². The number of aromatic amines is 1. The maximum atomic E-state index is 13.2. The molecule has 0 aromatic carbocycles. The number of rotatable bonds is 1. The van der Waals surface area contributed by atoms with Crippen LogP contribution in [-0.4, -0.2) is 15.0 Å². The van der Waals surface area contributed by atoms with Gasteiger partial charge < -0.3 is 4.98 Å². The summed E-state index contributed by atoms with van der Waals surface area (Å²) in [5, 5.41) is -0.652. The summed E-state index contributed by atoms with van der Waals surface area (Å²) in [5.74, 6) is 0. The van der Waals surface area contributed by atoms with Gasteiger partial charge in [-0.2, -0.15) is 26.3 Å². The minimum absolute atomic E-state index is 0.0805. The highest BCUT2D eigenvalue weighted by atomic mass is 19.4. The lowest BCUT2D eigenvalue weighted by molar-refractivity contribution is -0.144. The summed E-state index contributed by atoms with van der Waals surface area (Å²) in [6.07, 6.45) is -8.83. The van der Waals surface area contributed by atoms with Gasteiger partial charge in [-0.25, -0.2) is 4.98 Å². The number of halogens is 6. The topological polar surface area (TPSA) is 58.6 Å². The Labute approximate surface area is 135 Å². The Morgan fingerprint density at radius 1 is 0.960 bits per heavy atom. The van der Waals surface area contributed by atoms with Crippen LogP contribution in [0.15, 0.2) is 41.3 Å². The first-order chi connectivity index (χ1) is 11.6. The number of hydrogen-bond donors (Lipinski definition) is 1. The number of pyridine rings is 3. The number of aromatic nitrogens is 3. The lowest BCUT2D eigenvalue weighted by Crippen LogP contribution is -2.17. The predicted molar refractivity (Wildman–Crippen MR) is 75.6 cm³/mol. The van der Waals surface area contributed by atoms with E-state index in [9.17, 15) is 31.1 Å². The fraction of sp³-hybridized carbons (Fsp3) is 0.133. The highest BCUT2D eigenvalue weighted by molar-refractivity contribution is 5.84. The molecule has 10 heteroatoms. The van der Waals surface area contributed by atoms with Gasteiger partial charge in [0.25, 0.3) is 5.56 Å². The molecule has 0 bridgehead atoms. The normalized spacial score (nSPS) is 12.6. The van der Waals surface area contributed by atoms with Crippen molar-refractivity contribution in [3.63, 3.8) is 0 Å². The number of nitrogens with one attached hydrogen (secondary N) is 1. The van der Waals surface area contributed by atoms with Gasteiger partial charge in [-0.15, -0.1) is 0 Å². The molecule has 0 amide bonds. The lowest BCUT2D eigenvalue weighted by Gasteiger charge is -2.14. The molecule has 3 heterocycles. The Balaban J connectivity index is 2.38. The van der Waals surface area contributed by atoms with E-state index in [1.165, 1.54) is 24.4 Å². The molecule has 0 saturated heterocycles. The molecule has 3 aromatic heterocycles. The van der Waals surface area contributed by atoms with Crippen LogP contribution in [0.4, 0.5) is 26.3 Å². The van der Waals surface area contributed by atoms with Crippen LogP contribution in [0.5, 0.6) is 0 Å². The largest absolute Gasteiger partial charge is 0.433 e. The monoisotopic (exact) mass is 359 g/mol.